The van der Waals surface area contributed by atoms with E-state index in [2.05, 4.69) is 43.4 Å². The van der Waals surface area contributed by atoms with E-state index in [1.165, 1.54) is 23.2 Å². The first-order chi connectivity index (χ1) is 20.1. The van der Waals surface area contributed by atoms with Crippen LogP contribution in [0.2, 0.25) is 0 Å². The zero-order valence-electron chi connectivity index (χ0n) is 24.1. The van der Waals surface area contributed by atoms with E-state index in [0.29, 0.717) is 45.9 Å². The average Bonchev–Trinajstić information content (AvgIpc) is 3.48. The fourth-order valence-electron chi connectivity index (χ4n) is 6.36. The number of hydrogen-bond donors (Lipinski definition) is 0. The summed E-state index contributed by atoms with van der Waals surface area (Å²) in [6.45, 7) is 5.28. The van der Waals surface area contributed by atoms with Crippen LogP contribution in [-0.4, -0.2) is 47.8 Å². The summed E-state index contributed by atoms with van der Waals surface area (Å²) >= 11 is 0. The fourth-order valence-corrected chi connectivity index (χ4v) is 6.36. The summed E-state index contributed by atoms with van der Waals surface area (Å²) in [5.74, 6) is 0. The number of benzene rings is 1. The van der Waals surface area contributed by atoms with Crippen LogP contribution in [0.25, 0.3) is 65.9 Å². The predicted octanol–water partition coefficient (Wildman–Crippen LogP) is 1.40. The summed E-state index contributed by atoms with van der Waals surface area (Å²) in [4.78, 5) is 52.5. The molecule has 42 heavy (non-hydrogen) atoms. The smallest absolute Gasteiger partial charge is 0.322 e. The summed E-state index contributed by atoms with van der Waals surface area (Å²) in [6.07, 6.45) is 1.55. The van der Waals surface area contributed by atoms with E-state index >= 15 is 0 Å². The van der Waals surface area contributed by atoms with Crippen molar-refractivity contribution in [2.45, 2.75) is 39.8 Å². The molecule has 0 bridgehead atoms. The largest absolute Gasteiger partial charge is 0.332 e. The van der Waals surface area contributed by atoms with Crippen LogP contribution in [0.4, 0.5) is 0 Å². The molecule has 0 saturated heterocycles. The van der Waals surface area contributed by atoms with E-state index in [9.17, 15) is 19.2 Å². The Bertz CT molecular complexity index is 2400. The lowest BCUT2D eigenvalue weighted by molar-refractivity contribution is 0.692. The number of fused-ring (bicyclic) bond motifs is 11. The van der Waals surface area contributed by atoms with Crippen molar-refractivity contribution in [2.75, 3.05) is 0 Å². The lowest BCUT2D eigenvalue weighted by Gasteiger charge is -2.09. The number of nitrogens with zero attached hydrogens (tertiary/aromatic N) is 10. The molecule has 0 amide bonds. The second-order valence-corrected chi connectivity index (χ2v) is 10.8. The minimum Gasteiger partial charge on any atom is -0.322 e. The molecule has 1 aromatic carbocycles. The molecule has 0 N–H and O–H groups in total. The van der Waals surface area contributed by atoms with E-state index in [-0.39, 0.29) is 11.3 Å². The van der Waals surface area contributed by atoms with Crippen molar-refractivity contribution < 1.29 is 0 Å². The Kier molecular flexibility index (Phi) is 5.33. The zero-order valence-corrected chi connectivity index (χ0v) is 24.1. The highest BCUT2D eigenvalue weighted by atomic mass is 16.2. The highest BCUT2D eigenvalue weighted by molar-refractivity contribution is 6.28. The monoisotopic (exact) mass is 568 g/mol. The number of hydrogen-bond acceptors (Lipinski definition) is 8. The molecule has 7 rings (SSSR count). The minimum absolute atomic E-state index is 0.210. The van der Waals surface area contributed by atoms with Gasteiger partial charge in [0.2, 0.25) is 0 Å². The van der Waals surface area contributed by atoms with Crippen molar-refractivity contribution >= 4 is 65.9 Å². The van der Waals surface area contributed by atoms with E-state index in [0.717, 1.165) is 43.8 Å². The first-order valence-corrected chi connectivity index (χ1v) is 13.8. The normalized spacial score (nSPS) is 12.3. The predicted molar refractivity (Wildman–Crippen MR) is 160 cm³/mol. The third-order valence-electron chi connectivity index (χ3n) is 8.33. The van der Waals surface area contributed by atoms with E-state index in [1.807, 2.05) is 12.1 Å². The SMILES string of the molecule is CCCn1c2nnc3c(c(=O)n(C)c(=O)n3C)c2c2ccc3c4c5c(=O)n(C)c(=O)n(C)c5nnc4n(CCC)c3c21. The third-order valence-corrected chi connectivity index (χ3v) is 8.33. The van der Waals surface area contributed by atoms with Gasteiger partial charge in [0.15, 0.2) is 22.6 Å². The van der Waals surface area contributed by atoms with Gasteiger partial charge >= 0.3 is 11.4 Å². The molecule has 0 aliphatic heterocycles. The van der Waals surface area contributed by atoms with Gasteiger partial charge in [0, 0.05) is 62.8 Å². The van der Waals surface area contributed by atoms with Gasteiger partial charge in [-0.1, -0.05) is 26.0 Å². The van der Waals surface area contributed by atoms with Gasteiger partial charge in [-0.2, -0.15) is 0 Å². The molecule has 6 aromatic heterocycles. The molecule has 0 spiro atoms. The second kappa shape index (κ2) is 8.68. The molecular weight excluding hydrogens is 540 g/mol. The van der Waals surface area contributed by atoms with Gasteiger partial charge < -0.3 is 9.13 Å². The first-order valence-electron chi connectivity index (χ1n) is 13.8. The molecule has 6 heterocycles. The number of aromatic nitrogens is 10. The Morgan fingerprint density at radius 2 is 0.881 bits per heavy atom. The molecule has 0 aliphatic carbocycles. The van der Waals surface area contributed by atoms with Gasteiger partial charge in [-0.3, -0.25) is 27.9 Å². The van der Waals surface area contributed by atoms with Crippen molar-refractivity contribution in [3.8, 4) is 0 Å². The molecule has 0 saturated carbocycles. The van der Waals surface area contributed by atoms with Crippen molar-refractivity contribution in [3.05, 3.63) is 53.8 Å². The van der Waals surface area contributed by atoms with Gasteiger partial charge in [-0.05, 0) is 12.8 Å². The molecule has 0 aliphatic rings. The number of rotatable bonds is 4. The molecule has 0 radical (unpaired) electrons. The van der Waals surface area contributed by atoms with Crippen molar-refractivity contribution in [2.24, 2.45) is 28.2 Å². The van der Waals surface area contributed by atoms with Crippen LogP contribution >= 0.6 is 0 Å². The summed E-state index contributed by atoms with van der Waals surface area (Å²) in [5.41, 5.74) is 1.28. The highest BCUT2D eigenvalue weighted by Crippen LogP contribution is 2.40. The molecule has 7 aromatic rings. The van der Waals surface area contributed by atoms with Crippen LogP contribution < -0.4 is 22.5 Å². The summed E-state index contributed by atoms with van der Waals surface area (Å²) in [6, 6.07) is 3.85. The highest BCUT2D eigenvalue weighted by Gasteiger charge is 2.26. The summed E-state index contributed by atoms with van der Waals surface area (Å²) in [5, 5.41) is 21.2. The zero-order chi connectivity index (χ0) is 29.8. The van der Waals surface area contributed by atoms with Gasteiger partial charge in [-0.25, -0.2) is 9.59 Å². The Balaban J connectivity index is 1.83. The standard InChI is InChI=1S/C28H28N10O4/c1-7-11-37-19-13(15-17-21(29-31-23(15)37)33(3)27(41)35(5)25(17)39)9-10-14-16-18-22(34(4)28(42)36(6)26(18)40)30-32-24(16)38(12-8-2)20(14)19/h9-10H,7-8,11-12H2,1-6H3. The van der Waals surface area contributed by atoms with Gasteiger partial charge in [0.05, 0.1) is 21.8 Å². The third kappa shape index (κ3) is 2.98. The van der Waals surface area contributed by atoms with Crippen molar-refractivity contribution in [1.29, 1.82) is 0 Å². The second-order valence-electron chi connectivity index (χ2n) is 10.8. The van der Waals surface area contributed by atoms with Crippen LogP contribution in [0.3, 0.4) is 0 Å². The number of aryl methyl sites for hydroxylation is 4. The van der Waals surface area contributed by atoms with Crippen LogP contribution in [0.5, 0.6) is 0 Å². The first kappa shape index (κ1) is 25.8. The minimum atomic E-state index is -0.481. The van der Waals surface area contributed by atoms with Crippen molar-refractivity contribution in [1.82, 2.24) is 47.8 Å². The maximum atomic E-state index is 13.6. The Morgan fingerprint density at radius 1 is 0.524 bits per heavy atom. The Hall–Kier alpha value is -5.14. The quantitative estimate of drug-likeness (QED) is 0.309. The molecule has 14 nitrogen and oxygen atoms in total. The fraction of sp³-hybridized carbons (Fsp3) is 0.357. The molecule has 14 heteroatoms. The van der Waals surface area contributed by atoms with E-state index in [1.54, 1.807) is 14.1 Å². The van der Waals surface area contributed by atoms with Gasteiger partial charge in [0.25, 0.3) is 11.1 Å². The van der Waals surface area contributed by atoms with Gasteiger partial charge in [-0.15, -0.1) is 20.4 Å². The maximum Gasteiger partial charge on any atom is 0.332 e. The summed E-state index contributed by atoms with van der Waals surface area (Å²) < 4.78 is 8.94. The average molecular weight is 569 g/mol. The lowest BCUT2D eigenvalue weighted by Crippen LogP contribution is -2.37. The molecular formula is C28H28N10O4. The Labute approximate surface area is 235 Å². The molecule has 214 valence electrons. The van der Waals surface area contributed by atoms with Crippen LogP contribution in [0, 0.1) is 0 Å². The molecule has 0 fully saturated rings. The molecule has 0 atom stereocenters. The van der Waals surface area contributed by atoms with E-state index in [4.69, 9.17) is 0 Å². The van der Waals surface area contributed by atoms with Crippen LogP contribution in [0.15, 0.2) is 31.3 Å². The lowest BCUT2D eigenvalue weighted by atomic mass is 10.1. The Morgan fingerprint density at radius 3 is 1.24 bits per heavy atom. The molecule has 0 unspecified atom stereocenters. The van der Waals surface area contributed by atoms with E-state index < -0.39 is 22.5 Å². The van der Waals surface area contributed by atoms with Crippen LogP contribution in [0.1, 0.15) is 26.7 Å². The summed E-state index contributed by atoms with van der Waals surface area (Å²) in [7, 11) is 6.06. The van der Waals surface area contributed by atoms with Crippen LogP contribution in [-0.2, 0) is 41.3 Å². The topological polar surface area (TPSA) is 149 Å². The maximum absolute atomic E-state index is 13.6. The van der Waals surface area contributed by atoms with Crippen molar-refractivity contribution in [3.63, 3.8) is 0 Å². The van der Waals surface area contributed by atoms with Gasteiger partial charge in [0.1, 0.15) is 0 Å².